The molecule has 0 saturated carbocycles. The van der Waals surface area contributed by atoms with E-state index in [4.69, 9.17) is 9.88 Å². The molecule has 0 amide bonds. The summed E-state index contributed by atoms with van der Waals surface area (Å²) in [7, 11) is -6.20. The molecule has 0 radical (unpaired) electrons. The van der Waals surface area contributed by atoms with Crippen LogP contribution in [0.4, 0.5) is 0 Å². The fraction of sp³-hybridized carbons (Fsp3) is 0.714. The Morgan fingerprint density at radius 1 is 1.46 bits per heavy atom. The van der Waals surface area contributed by atoms with Crippen molar-refractivity contribution in [2.24, 2.45) is 5.14 Å². The molecule has 2 heterocycles. The van der Waals surface area contributed by atoms with E-state index in [1.807, 2.05) is 13.8 Å². The second kappa shape index (κ2) is 7.00. The van der Waals surface area contributed by atoms with Gasteiger partial charge in [-0.1, -0.05) is 20.3 Å². The number of fused-ring (bicyclic) bond motifs is 1. The Hall–Kier alpha value is -0.520. The number of ether oxygens (including phenoxy) is 1. The Balaban J connectivity index is 2.71. The van der Waals surface area contributed by atoms with E-state index in [9.17, 15) is 16.8 Å². The van der Waals surface area contributed by atoms with Gasteiger partial charge in [0, 0.05) is 18.7 Å². The van der Waals surface area contributed by atoms with E-state index in [0.29, 0.717) is 31.4 Å². The first-order valence-electron chi connectivity index (χ1n) is 7.76. The van der Waals surface area contributed by atoms with Gasteiger partial charge in [0.2, 0.25) is 10.0 Å². The van der Waals surface area contributed by atoms with Crippen molar-refractivity contribution in [2.75, 3.05) is 20.3 Å². The van der Waals surface area contributed by atoms with Crippen molar-refractivity contribution in [2.45, 2.75) is 52.3 Å². The van der Waals surface area contributed by atoms with Crippen molar-refractivity contribution >= 4 is 31.2 Å². The van der Waals surface area contributed by atoms with E-state index in [-0.39, 0.29) is 21.1 Å². The molecule has 10 heteroatoms. The molecule has 0 spiro atoms. The highest BCUT2D eigenvalue weighted by Crippen LogP contribution is 2.49. The fourth-order valence-corrected chi connectivity index (χ4v) is 8.47. The van der Waals surface area contributed by atoms with Crippen LogP contribution in [0.3, 0.4) is 0 Å². The molecule has 3 N–H and O–H groups in total. The lowest BCUT2D eigenvalue weighted by Crippen LogP contribution is -2.49. The van der Waals surface area contributed by atoms with Crippen molar-refractivity contribution < 1.29 is 21.6 Å². The average molecular weight is 397 g/mol. The van der Waals surface area contributed by atoms with Gasteiger partial charge in [-0.25, -0.2) is 22.0 Å². The van der Waals surface area contributed by atoms with Crippen LogP contribution in [-0.4, -0.2) is 41.8 Å². The molecule has 0 fully saturated rings. The SMILES string of the molecule is CCCC1(COC)CC(NCC)c2cc(S(N)(=O)=O)sc2S1(=O)=O. The van der Waals surface area contributed by atoms with Gasteiger partial charge < -0.3 is 10.1 Å². The molecule has 0 bridgehead atoms. The van der Waals surface area contributed by atoms with Gasteiger partial charge in [-0.2, -0.15) is 0 Å². The van der Waals surface area contributed by atoms with Crippen LogP contribution in [0, 0.1) is 0 Å². The third-order valence-electron chi connectivity index (χ3n) is 4.31. The Kier molecular flexibility index (Phi) is 5.78. The monoisotopic (exact) mass is 396 g/mol. The number of rotatable bonds is 7. The predicted octanol–water partition coefficient (Wildman–Crippen LogP) is 1.41. The molecule has 24 heavy (non-hydrogen) atoms. The van der Waals surface area contributed by atoms with Gasteiger partial charge in [0.1, 0.15) is 13.2 Å². The van der Waals surface area contributed by atoms with E-state index in [1.165, 1.54) is 13.2 Å². The van der Waals surface area contributed by atoms with Crippen LogP contribution in [0.25, 0.3) is 0 Å². The van der Waals surface area contributed by atoms with Gasteiger partial charge in [0.15, 0.2) is 9.84 Å². The maximum absolute atomic E-state index is 13.3. The van der Waals surface area contributed by atoms with Crippen molar-refractivity contribution in [3.63, 3.8) is 0 Å². The summed E-state index contributed by atoms with van der Waals surface area (Å²) in [5.41, 5.74) is 0.494. The third-order valence-corrected chi connectivity index (χ3v) is 9.94. The minimum Gasteiger partial charge on any atom is -0.383 e. The molecule has 2 rings (SSSR count). The van der Waals surface area contributed by atoms with Crippen LogP contribution in [0.15, 0.2) is 14.5 Å². The van der Waals surface area contributed by atoms with Gasteiger partial charge in [-0.05, 0) is 25.5 Å². The number of primary sulfonamides is 1. The molecule has 0 aromatic carbocycles. The van der Waals surface area contributed by atoms with Crippen LogP contribution in [0.1, 0.15) is 44.7 Å². The van der Waals surface area contributed by atoms with Crippen LogP contribution in [-0.2, 0) is 24.6 Å². The minimum atomic E-state index is -3.95. The summed E-state index contributed by atoms with van der Waals surface area (Å²) >= 11 is 0.736. The molecule has 0 aliphatic carbocycles. The quantitative estimate of drug-likeness (QED) is 0.720. The van der Waals surface area contributed by atoms with Crippen molar-refractivity contribution in [1.29, 1.82) is 0 Å². The van der Waals surface area contributed by atoms with Gasteiger partial charge in [-0.15, -0.1) is 11.3 Å². The smallest absolute Gasteiger partial charge is 0.247 e. The van der Waals surface area contributed by atoms with E-state index in [1.54, 1.807) is 0 Å². The Morgan fingerprint density at radius 3 is 2.62 bits per heavy atom. The maximum Gasteiger partial charge on any atom is 0.247 e. The summed E-state index contributed by atoms with van der Waals surface area (Å²) in [5, 5.41) is 8.47. The summed E-state index contributed by atoms with van der Waals surface area (Å²) < 4.78 is 54.1. The number of thiophene rings is 1. The van der Waals surface area contributed by atoms with Crippen LogP contribution in [0.2, 0.25) is 0 Å². The van der Waals surface area contributed by atoms with Crippen molar-refractivity contribution in [3.05, 3.63) is 11.6 Å². The summed E-state index contributed by atoms with van der Waals surface area (Å²) in [6.07, 6.45) is 1.48. The highest BCUT2D eigenvalue weighted by atomic mass is 32.3. The molecular weight excluding hydrogens is 372 g/mol. The van der Waals surface area contributed by atoms with E-state index in [0.717, 1.165) is 11.3 Å². The molecule has 1 aromatic rings. The highest BCUT2D eigenvalue weighted by molar-refractivity contribution is 7.96. The Labute approximate surface area is 147 Å². The van der Waals surface area contributed by atoms with E-state index >= 15 is 0 Å². The number of methoxy groups -OCH3 is 1. The molecule has 0 saturated heterocycles. The van der Waals surface area contributed by atoms with Crippen molar-refractivity contribution in [3.8, 4) is 0 Å². The average Bonchev–Trinajstić information content (AvgIpc) is 2.92. The fourth-order valence-electron chi connectivity index (χ4n) is 3.34. The van der Waals surface area contributed by atoms with Gasteiger partial charge in [0.05, 0.1) is 6.61 Å². The predicted molar refractivity (Wildman–Crippen MR) is 93.4 cm³/mol. The van der Waals surface area contributed by atoms with Gasteiger partial charge in [-0.3, -0.25) is 0 Å². The Bertz CT molecular complexity index is 792. The number of hydrogen-bond acceptors (Lipinski definition) is 7. The number of nitrogens with one attached hydrogen (secondary N) is 1. The molecular formula is C14H24N2O5S3. The lowest BCUT2D eigenvalue weighted by Gasteiger charge is -2.39. The molecule has 1 aliphatic rings. The second-order valence-electron chi connectivity index (χ2n) is 6.04. The van der Waals surface area contributed by atoms with E-state index in [2.05, 4.69) is 5.32 Å². The normalized spacial score (nSPS) is 26.2. The lowest BCUT2D eigenvalue weighted by atomic mass is 9.91. The molecule has 2 atom stereocenters. The Morgan fingerprint density at radius 2 is 2.12 bits per heavy atom. The first-order valence-corrected chi connectivity index (χ1v) is 11.6. The summed E-state index contributed by atoms with van der Waals surface area (Å²) in [6.45, 7) is 4.56. The number of sulfonamides is 1. The minimum absolute atomic E-state index is 0.0765. The molecule has 138 valence electrons. The molecule has 1 aliphatic heterocycles. The zero-order valence-corrected chi connectivity index (χ0v) is 16.5. The first-order chi connectivity index (χ1) is 11.1. The summed E-state index contributed by atoms with van der Waals surface area (Å²) in [5.74, 6) is 0. The van der Waals surface area contributed by atoms with Crippen LogP contribution in [0.5, 0.6) is 0 Å². The number of hydrogen-bond donors (Lipinski definition) is 2. The molecule has 1 aromatic heterocycles. The van der Waals surface area contributed by atoms with Crippen LogP contribution < -0.4 is 10.5 Å². The number of sulfone groups is 1. The number of nitrogens with two attached hydrogens (primary N) is 1. The lowest BCUT2D eigenvalue weighted by molar-refractivity contribution is 0.146. The molecule has 2 unspecified atom stereocenters. The van der Waals surface area contributed by atoms with Gasteiger partial charge in [0.25, 0.3) is 0 Å². The van der Waals surface area contributed by atoms with Crippen LogP contribution >= 0.6 is 11.3 Å². The molecule has 7 nitrogen and oxygen atoms in total. The zero-order valence-electron chi connectivity index (χ0n) is 14.0. The zero-order chi connectivity index (χ0) is 18.2. The standard InChI is InChI=1S/C14H24N2O5S3/c1-4-6-14(9-21-3)8-11(16-5-2)10-7-12(24(15,19)20)22-13(10)23(14,17)18/h7,11,16H,4-6,8-9H2,1-3H3,(H2,15,19,20). The topological polar surface area (TPSA) is 116 Å². The third kappa shape index (κ3) is 3.27. The van der Waals surface area contributed by atoms with Crippen molar-refractivity contribution in [1.82, 2.24) is 5.32 Å². The second-order valence-corrected chi connectivity index (χ2v) is 11.4. The largest absolute Gasteiger partial charge is 0.383 e. The van der Waals surface area contributed by atoms with E-state index < -0.39 is 24.6 Å². The first kappa shape index (κ1) is 19.8. The summed E-state index contributed by atoms with van der Waals surface area (Å²) in [4.78, 5) is 0. The highest BCUT2D eigenvalue weighted by Gasteiger charge is 2.52. The maximum atomic E-state index is 13.3. The summed E-state index contributed by atoms with van der Waals surface area (Å²) in [6, 6.07) is 1.14. The van der Waals surface area contributed by atoms with Gasteiger partial charge >= 0.3 is 0 Å².